The zero-order chi connectivity index (χ0) is 12.2. The van der Waals surface area contributed by atoms with Gasteiger partial charge in [0, 0.05) is 13.0 Å². The van der Waals surface area contributed by atoms with Crippen molar-refractivity contribution in [3.63, 3.8) is 0 Å². The second-order valence-corrected chi connectivity index (χ2v) is 3.74. The Balaban J connectivity index is 2.40. The molecule has 1 aromatic carbocycles. The third-order valence-electron chi connectivity index (χ3n) is 2.16. The maximum absolute atomic E-state index is 11.9. The molecule has 1 rings (SSSR count). The number of nitrogens with one attached hydrogen (secondary N) is 1. The van der Waals surface area contributed by atoms with Crippen molar-refractivity contribution >= 4 is 11.4 Å². The lowest BCUT2D eigenvalue weighted by molar-refractivity contribution is -0.134. The summed E-state index contributed by atoms with van der Waals surface area (Å²) in [6, 6.07) is 5.42. The molecule has 0 bridgehead atoms. The van der Waals surface area contributed by atoms with Crippen molar-refractivity contribution < 1.29 is 13.2 Å². The minimum absolute atomic E-state index is 0.0525. The van der Waals surface area contributed by atoms with Gasteiger partial charge in [-0.15, -0.1) is 0 Å². The summed E-state index contributed by atoms with van der Waals surface area (Å²) in [5.41, 5.74) is 7.94. The molecule has 0 unspecified atom stereocenters. The van der Waals surface area contributed by atoms with Gasteiger partial charge in [0.1, 0.15) is 0 Å². The first-order valence-electron chi connectivity index (χ1n) is 5.05. The maximum Gasteiger partial charge on any atom is 0.389 e. The Hall–Kier alpha value is -1.39. The smallest absolute Gasteiger partial charge is 0.389 e. The molecule has 0 radical (unpaired) electrons. The summed E-state index contributed by atoms with van der Waals surface area (Å²) in [6.45, 7) is 2.17. The Morgan fingerprint density at radius 2 is 2.00 bits per heavy atom. The summed E-state index contributed by atoms with van der Waals surface area (Å²) in [4.78, 5) is 0. The predicted molar refractivity (Wildman–Crippen MR) is 59.4 cm³/mol. The van der Waals surface area contributed by atoms with Gasteiger partial charge in [0.15, 0.2) is 0 Å². The van der Waals surface area contributed by atoms with Crippen LogP contribution in [-0.4, -0.2) is 12.7 Å². The van der Waals surface area contributed by atoms with Gasteiger partial charge in [0.2, 0.25) is 0 Å². The molecule has 16 heavy (non-hydrogen) atoms. The standard InChI is InChI=1S/C11H15F3N2/c1-8-3-4-9(15)10(7-8)16-6-2-5-11(12,13)14/h3-4,7,16H,2,5-6,15H2,1H3. The second-order valence-electron chi connectivity index (χ2n) is 3.74. The first-order valence-corrected chi connectivity index (χ1v) is 5.05. The molecular formula is C11H15F3N2. The van der Waals surface area contributed by atoms with Crippen LogP contribution in [-0.2, 0) is 0 Å². The van der Waals surface area contributed by atoms with E-state index in [9.17, 15) is 13.2 Å². The zero-order valence-corrected chi connectivity index (χ0v) is 9.06. The van der Waals surface area contributed by atoms with Crippen molar-refractivity contribution in [2.75, 3.05) is 17.6 Å². The Kier molecular flexibility index (Phi) is 4.04. The summed E-state index contributed by atoms with van der Waals surface area (Å²) in [5.74, 6) is 0. The van der Waals surface area contributed by atoms with Gasteiger partial charge in [-0.3, -0.25) is 0 Å². The van der Waals surface area contributed by atoms with Crippen molar-refractivity contribution in [3.8, 4) is 0 Å². The van der Waals surface area contributed by atoms with Crippen LogP contribution in [0.2, 0.25) is 0 Å². The Morgan fingerprint density at radius 3 is 2.62 bits per heavy atom. The molecule has 90 valence electrons. The first-order chi connectivity index (χ1) is 7.38. The van der Waals surface area contributed by atoms with E-state index in [-0.39, 0.29) is 13.0 Å². The van der Waals surface area contributed by atoms with Gasteiger partial charge >= 0.3 is 6.18 Å². The minimum atomic E-state index is -4.08. The summed E-state index contributed by atoms with van der Waals surface area (Å²) in [5, 5.41) is 2.90. The number of anilines is 2. The van der Waals surface area contributed by atoms with E-state index in [1.165, 1.54) is 0 Å². The average Bonchev–Trinajstić information content (AvgIpc) is 2.16. The van der Waals surface area contributed by atoms with E-state index in [0.717, 1.165) is 5.56 Å². The molecule has 1 aromatic rings. The fourth-order valence-corrected chi connectivity index (χ4v) is 1.34. The van der Waals surface area contributed by atoms with Crippen molar-refractivity contribution in [3.05, 3.63) is 23.8 Å². The normalized spacial score (nSPS) is 11.5. The van der Waals surface area contributed by atoms with E-state index in [0.29, 0.717) is 11.4 Å². The van der Waals surface area contributed by atoms with Gasteiger partial charge in [-0.05, 0) is 31.0 Å². The number of hydrogen-bond donors (Lipinski definition) is 2. The Bertz CT molecular complexity index is 348. The highest BCUT2D eigenvalue weighted by atomic mass is 19.4. The highest BCUT2D eigenvalue weighted by Crippen LogP contribution is 2.22. The third-order valence-corrected chi connectivity index (χ3v) is 2.16. The number of alkyl halides is 3. The van der Waals surface area contributed by atoms with Crippen molar-refractivity contribution in [1.82, 2.24) is 0 Å². The van der Waals surface area contributed by atoms with Crippen molar-refractivity contribution in [1.29, 1.82) is 0 Å². The van der Waals surface area contributed by atoms with Crippen LogP contribution in [0.5, 0.6) is 0 Å². The van der Waals surface area contributed by atoms with E-state index >= 15 is 0 Å². The van der Waals surface area contributed by atoms with Crippen LogP contribution in [0.1, 0.15) is 18.4 Å². The molecule has 0 aliphatic heterocycles. The molecule has 2 nitrogen and oxygen atoms in total. The molecule has 0 atom stereocenters. The first kappa shape index (κ1) is 12.7. The maximum atomic E-state index is 11.9. The second kappa shape index (κ2) is 5.09. The number of halogens is 3. The molecule has 5 heteroatoms. The van der Waals surface area contributed by atoms with Crippen LogP contribution in [0.25, 0.3) is 0 Å². The lowest BCUT2D eigenvalue weighted by atomic mass is 10.2. The van der Waals surface area contributed by atoms with Gasteiger partial charge < -0.3 is 11.1 Å². The van der Waals surface area contributed by atoms with Crippen molar-refractivity contribution in [2.24, 2.45) is 0 Å². The minimum Gasteiger partial charge on any atom is -0.397 e. The summed E-state index contributed by atoms with van der Waals surface area (Å²) in [6.07, 6.45) is -4.80. The SMILES string of the molecule is Cc1ccc(N)c(NCCCC(F)(F)F)c1. The van der Waals surface area contributed by atoms with Crippen LogP contribution < -0.4 is 11.1 Å². The highest BCUT2D eigenvalue weighted by molar-refractivity contribution is 5.66. The molecule has 0 amide bonds. The zero-order valence-electron chi connectivity index (χ0n) is 9.06. The Morgan fingerprint density at radius 1 is 1.31 bits per heavy atom. The predicted octanol–water partition coefficient (Wildman–Crippen LogP) is 3.33. The molecule has 0 saturated heterocycles. The van der Waals surface area contributed by atoms with E-state index in [4.69, 9.17) is 5.73 Å². The molecular weight excluding hydrogens is 217 g/mol. The lowest BCUT2D eigenvalue weighted by Gasteiger charge is -2.11. The van der Waals surface area contributed by atoms with E-state index < -0.39 is 12.6 Å². The van der Waals surface area contributed by atoms with Crippen LogP contribution in [0, 0.1) is 6.92 Å². The van der Waals surface area contributed by atoms with Crippen LogP contribution in [0.15, 0.2) is 18.2 Å². The number of benzene rings is 1. The fourth-order valence-electron chi connectivity index (χ4n) is 1.34. The topological polar surface area (TPSA) is 38.0 Å². The fraction of sp³-hybridized carbons (Fsp3) is 0.455. The molecule has 0 aliphatic carbocycles. The molecule has 0 saturated carbocycles. The van der Waals surface area contributed by atoms with Gasteiger partial charge in [-0.1, -0.05) is 6.07 Å². The lowest BCUT2D eigenvalue weighted by Crippen LogP contribution is -2.11. The number of nitrogen functional groups attached to an aromatic ring is 1. The molecule has 0 heterocycles. The monoisotopic (exact) mass is 232 g/mol. The van der Waals surface area contributed by atoms with Gasteiger partial charge in [0.05, 0.1) is 11.4 Å². The summed E-state index contributed by atoms with van der Waals surface area (Å²) in [7, 11) is 0. The summed E-state index contributed by atoms with van der Waals surface area (Å²) < 4.78 is 35.6. The molecule has 3 N–H and O–H groups in total. The third kappa shape index (κ3) is 4.42. The largest absolute Gasteiger partial charge is 0.397 e. The number of rotatable bonds is 4. The van der Waals surface area contributed by atoms with Gasteiger partial charge in [0.25, 0.3) is 0 Å². The van der Waals surface area contributed by atoms with Crippen LogP contribution in [0.3, 0.4) is 0 Å². The number of nitrogens with two attached hydrogens (primary N) is 1. The van der Waals surface area contributed by atoms with Crippen LogP contribution >= 0.6 is 0 Å². The number of aryl methyl sites for hydroxylation is 1. The quantitative estimate of drug-likeness (QED) is 0.617. The van der Waals surface area contributed by atoms with E-state index in [2.05, 4.69) is 5.32 Å². The molecule has 0 fully saturated rings. The number of hydrogen-bond acceptors (Lipinski definition) is 2. The van der Waals surface area contributed by atoms with Gasteiger partial charge in [-0.25, -0.2) is 0 Å². The molecule has 0 aliphatic rings. The highest BCUT2D eigenvalue weighted by Gasteiger charge is 2.25. The van der Waals surface area contributed by atoms with E-state index in [1.54, 1.807) is 6.07 Å². The Labute approximate surface area is 92.6 Å². The molecule has 0 aromatic heterocycles. The average molecular weight is 232 g/mol. The van der Waals surface area contributed by atoms with Gasteiger partial charge in [-0.2, -0.15) is 13.2 Å². The van der Waals surface area contributed by atoms with Crippen molar-refractivity contribution in [2.45, 2.75) is 25.9 Å². The summed E-state index contributed by atoms with van der Waals surface area (Å²) >= 11 is 0. The van der Waals surface area contributed by atoms with E-state index in [1.807, 2.05) is 19.1 Å². The van der Waals surface area contributed by atoms with Crippen LogP contribution in [0.4, 0.5) is 24.5 Å². The molecule has 0 spiro atoms.